The van der Waals surface area contributed by atoms with Gasteiger partial charge in [0.2, 0.25) is 0 Å². The van der Waals surface area contributed by atoms with Crippen molar-refractivity contribution in [2.45, 2.75) is 20.0 Å². The molecule has 0 unspecified atom stereocenters. The monoisotopic (exact) mass is 339 g/mol. The number of benzene rings is 2. The molecule has 0 radical (unpaired) electrons. The number of halogens is 1. The molecule has 2 aromatic carbocycles. The predicted molar refractivity (Wildman–Crippen MR) is 95.4 cm³/mol. The minimum Gasteiger partial charge on any atom is -0.335 e. The third-order valence-electron chi connectivity index (χ3n) is 3.92. The van der Waals surface area contributed by atoms with Gasteiger partial charge in [-0.1, -0.05) is 30.3 Å². The van der Waals surface area contributed by atoms with Crippen molar-refractivity contribution in [1.29, 1.82) is 5.26 Å². The molecule has 4 nitrogen and oxygen atoms in total. The van der Waals surface area contributed by atoms with E-state index in [1.165, 1.54) is 23.8 Å². The summed E-state index contributed by atoms with van der Waals surface area (Å²) in [4.78, 5) is 16.4. The Kier molecular flexibility index (Phi) is 6.26. The minimum absolute atomic E-state index is 0.105. The summed E-state index contributed by atoms with van der Waals surface area (Å²) in [6, 6.07) is 14.0. The summed E-state index contributed by atoms with van der Waals surface area (Å²) in [5, 5.41) is 9.13. The number of hydrogen-bond donors (Lipinski definition) is 0. The number of carbonyl (C=O) groups excluding carboxylic acids is 1. The standard InChI is InChI=1S/C20H22FN3O/c1-4-24(14-16-10-8-15(9-11-16)13-23(2)3)20(25)17-6-5-7-19(21)18(17)12-22/h5-11H,4,13-14H2,1-3H3. The van der Waals surface area contributed by atoms with Crippen LogP contribution in [0.2, 0.25) is 0 Å². The quantitative estimate of drug-likeness (QED) is 0.810. The molecule has 0 bridgehead atoms. The van der Waals surface area contributed by atoms with Crippen LogP contribution in [0, 0.1) is 17.1 Å². The molecular formula is C20H22FN3O. The minimum atomic E-state index is -0.669. The van der Waals surface area contributed by atoms with Gasteiger partial charge >= 0.3 is 0 Å². The first-order valence-electron chi connectivity index (χ1n) is 8.16. The molecule has 0 saturated carbocycles. The second-order valence-corrected chi connectivity index (χ2v) is 6.15. The molecule has 130 valence electrons. The first-order valence-corrected chi connectivity index (χ1v) is 8.16. The van der Waals surface area contributed by atoms with E-state index >= 15 is 0 Å². The Morgan fingerprint density at radius 1 is 1.08 bits per heavy atom. The van der Waals surface area contributed by atoms with Gasteiger partial charge in [-0.2, -0.15) is 5.26 Å². The van der Waals surface area contributed by atoms with Crippen molar-refractivity contribution >= 4 is 5.91 Å². The van der Waals surface area contributed by atoms with E-state index in [1.807, 2.05) is 45.3 Å². The van der Waals surface area contributed by atoms with E-state index in [-0.39, 0.29) is 17.0 Å². The number of nitrogens with zero attached hydrogens (tertiary/aromatic N) is 3. The average Bonchev–Trinajstić information content (AvgIpc) is 2.59. The van der Waals surface area contributed by atoms with Gasteiger partial charge in [0.1, 0.15) is 17.4 Å². The zero-order valence-corrected chi connectivity index (χ0v) is 14.8. The summed E-state index contributed by atoms with van der Waals surface area (Å²) in [5.74, 6) is -1.01. The lowest BCUT2D eigenvalue weighted by atomic mass is 10.1. The van der Waals surface area contributed by atoms with E-state index in [2.05, 4.69) is 4.90 Å². The molecule has 0 spiro atoms. The van der Waals surface area contributed by atoms with Gasteiger partial charge in [-0.3, -0.25) is 4.79 Å². The highest BCUT2D eigenvalue weighted by Gasteiger charge is 2.20. The molecular weight excluding hydrogens is 317 g/mol. The summed E-state index contributed by atoms with van der Waals surface area (Å²) in [6.07, 6.45) is 0. The lowest BCUT2D eigenvalue weighted by molar-refractivity contribution is 0.0751. The van der Waals surface area contributed by atoms with Gasteiger partial charge in [0.15, 0.2) is 0 Å². The van der Waals surface area contributed by atoms with Crippen molar-refractivity contribution in [3.05, 3.63) is 70.5 Å². The maximum Gasteiger partial charge on any atom is 0.255 e. The molecule has 0 saturated heterocycles. The summed E-state index contributed by atoms with van der Waals surface area (Å²) in [6.45, 7) is 3.60. The maximum atomic E-state index is 13.8. The molecule has 0 aromatic heterocycles. The van der Waals surface area contributed by atoms with Crippen LogP contribution < -0.4 is 0 Å². The number of nitriles is 1. The summed E-state index contributed by atoms with van der Waals surface area (Å²) in [7, 11) is 4.02. The smallest absolute Gasteiger partial charge is 0.255 e. The first kappa shape index (κ1) is 18.6. The first-order chi connectivity index (χ1) is 12.0. The molecule has 0 N–H and O–H groups in total. The Hall–Kier alpha value is -2.71. The molecule has 0 atom stereocenters. The SMILES string of the molecule is CCN(Cc1ccc(CN(C)C)cc1)C(=O)c1cccc(F)c1C#N. The lowest BCUT2D eigenvalue weighted by Crippen LogP contribution is -2.31. The molecule has 2 aromatic rings. The molecule has 0 fully saturated rings. The van der Waals surface area contributed by atoms with Gasteiger partial charge in [-0.15, -0.1) is 0 Å². The highest BCUT2D eigenvalue weighted by atomic mass is 19.1. The molecule has 25 heavy (non-hydrogen) atoms. The molecule has 5 heteroatoms. The van der Waals surface area contributed by atoms with Crippen molar-refractivity contribution in [2.24, 2.45) is 0 Å². The summed E-state index contributed by atoms with van der Waals surface area (Å²) in [5.41, 5.74) is 2.09. The van der Waals surface area contributed by atoms with E-state index in [1.54, 1.807) is 11.0 Å². The molecule has 0 heterocycles. The lowest BCUT2D eigenvalue weighted by Gasteiger charge is -2.22. The molecule has 2 rings (SSSR count). The third-order valence-corrected chi connectivity index (χ3v) is 3.92. The van der Waals surface area contributed by atoms with Gasteiger partial charge in [0.05, 0.1) is 5.56 Å². The highest BCUT2D eigenvalue weighted by Crippen LogP contribution is 2.17. The largest absolute Gasteiger partial charge is 0.335 e. The van der Waals surface area contributed by atoms with Crippen molar-refractivity contribution < 1.29 is 9.18 Å². The van der Waals surface area contributed by atoms with E-state index in [9.17, 15) is 9.18 Å². The Morgan fingerprint density at radius 2 is 1.68 bits per heavy atom. The summed E-state index contributed by atoms with van der Waals surface area (Å²) >= 11 is 0. The Bertz CT molecular complexity index is 779. The van der Waals surface area contributed by atoms with Crippen LogP contribution in [-0.2, 0) is 13.1 Å². The second-order valence-electron chi connectivity index (χ2n) is 6.15. The van der Waals surface area contributed by atoms with Crippen LogP contribution in [0.1, 0.15) is 34.0 Å². The normalized spacial score (nSPS) is 10.6. The number of hydrogen-bond acceptors (Lipinski definition) is 3. The predicted octanol–water partition coefficient (Wildman–Crippen LogP) is 3.42. The maximum absolute atomic E-state index is 13.8. The van der Waals surface area contributed by atoms with E-state index in [0.29, 0.717) is 13.1 Å². The number of rotatable bonds is 6. The fourth-order valence-electron chi connectivity index (χ4n) is 2.65. The van der Waals surface area contributed by atoms with Crippen molar-refractivity contribution in [2.75, 3.05) is 20.6 Å². The topological polar surface area (TPSA) is 47.3 Å². The zero-order valence-electron chi connectivity index (χ0n) is 14.8. The average molecular weight is 339 g/mol. The van der Waals surface area contributed by atoms with Gasteiger partial charge < -0.3 is 9.80 Å². The van der Waals surface area contributed by atoms with Crippen LogP contribution >= 0.6 is 0 Å². The fourth-order valence-corrected chi connectivity index (χ4v) is 2.65. The van der Waals surface area contributed by atoms with E-state index in [0.717, 1.165) is 12.1 Å². The van der Waals surface area contributed by atoms with E-state index in [4.69, 9.17) is 5.26 Å². The van der Waals surface area contributed by atoms with Crippen LogP contribution in [0.15, 0.2) is 42.5 Å². The summed E-state index contributed by atoms with van der Waals surface area (Å²) < 4.78 is 13.8. The van der Waals surface area contributed by atoms with Crippen LogP contribution in [0.4, 0.5) is 4.39 Å². The van der Waals surface area contributed by atoms with Crippen LogP contribution in [0.25, 0.3) is 0 Å². The van der Waals surface area contributed by atoms with Crippen LogP contribution in [0.3, 0.4) is 0 Å². The van der Waals surface area contributed by atoms with Crippen molar-refractivity contribution in [3.63, 3.8) is 0 Å². The molecule has 0 aliphatic carbocycles. The highest BCUT2D eigenvalue weighted by molar-refractivity contribution is 5.96. The molecule has 1 amide bonds. The third kappa shape index (κ3) is 4.65. The van der Waals surface area contributed by atoms with Crippen molar-refractivity contribution in [1.82, 2.24) is 9.80 Å². The molecule has 0 aliphatic rings. The Balaban J connectivity index is 2.19. The Labute approximate surface area is 148 Å². The van der Waals surface area contributed by atoms with Crippen molar-refractivity contribution in [3.8, 4) is 6.07 Å². The van der Waals surface area contributed by atoms with Gasteiger partial charge in [-0.05, 0) is 44.3 Å². The second kappa shape index (κ2) is 8.41. The van der Waals surface area contributed by atoms with Gasteiger partial charge in [0, 0.05) is 19.6 Å². The van der Waals surface area contributed by atoms with E-state index < -0.39 is 5.82 Å². The Morgan fingerprint density at radius 3 is 2.20 bits per heavy atom. The van der Waals surface area contributed by atoms with Crippen LogP contribution in [-0.4, -0.2) is 36.3 Å². The fraction of sp³-hybridized carbons (Fsp3) is 0.300. The molecule has 0 aliphatic heterocycles. The van der Waals surface area contributed by atoms with Gasteiger partial charge in [0.25, 0.3) is 5.91 Å². The number of amides is 1. The van der Waals surface area contributed by atoms with Gasteiger partial charge in [-0.25, -0.2) is 4.39 Å². The number of carbonyl (C=O) groups is 1. The van der Waals surface area contributed by atoms with Crippen LogP contribution in [0.5, 0.6) is 0 Å². The zero-order chi connectivity index (χ0) is 18.4.